The highest BCUT2D eigenvalue weighted by Gasteiger charge is 2.29. The number of hydrogen-bond acceptors (Lipinski definition) is 4. The van der Waals surface area contributed by atoms with E-state index in [0.29, 0.717) is 52.8 Å². The van der Waals surface area contributed by atoms with Crippen molar-refractivity contribution in [2.75, 3.05) is 13.1 Å². The topological polar surface area (TPSA) is 55.2 Å². The lowest BCUT2D eigenvalue weighted by atomic mass is 9.95. The zero-order valence-corrected chi connectivity index (χ0v) is 27.0. The minimum absolute atomic E-state index is 0.0476. The molecular formula is C36H41F2N3O2S. The summed E-state index contributed by atoms with van der Waals surface area (Å²) in [6.45, 7) is 12.0. The molecule has 0 aliphatic carbocycles. The second-order valence-electron chi connectivity index (χ2n) is 12.2. The van der Waals surface area contributed by atoms with Crippen LogP contribution in [0.2, 0.25) is 0 Å². The predicted molar refractivity (Wildman–Crippen MR) is 175 cm³/mol. The van der Waals surface area contributed by atoms with E-state index in [9.17, 15) is 18.4 Å². The van der Waals surface area contributed by atoms with Crippen molar-refractivity contribution in [3.63, 3.8) is 0 Å². The Morgan fingerprint density at radius 1 is 1.07 bits per heavy atom. The van der Waals surface area contributed by atoms with Crippen LogP contribution in [0.1, 0.15) is 86.6 Å². The molecule has 8 heteroatoms. The SMILES string of the molecule is CCc1cccc(CC)c1-n1c(CC(C)C)c(C(=O)N2CCC[C@H](C)C2)cc(-c2nc(-c3ccc(C(F)F)cc3)cs2)c1=O. The smallest absolute Gasteiger partial charge is 0.265 e. The van der Waals surface area contributed by atoms with E-state index in [-0.39, 0.29) is 22.9 Å². The first-order chi connectivity index (χ1) is 21.1. The highest BCUT2D eigenvalue weighted by Crippen LogP contribution is 2.33. The largest absolute Gasteiger partial charge is 0.338 e. The lowest BCUT2D eigenvalue weighted by Gasteiger charge is -2.32. The lowest BCUT2D eigenvalue weighted by molar-refractivity contribution is 0.0680. The quantitative estimate of drug-likeness (QED) is 0.189. The Kier molecular flexibility index (Phi) is 9.78. The van der Waals surface area contributed by atoms with E-state index >= 15 is 0 Å². The minimum atomic E-state index is -2.55. The van der Waals surface area contributed by atoms with Crippen LogP contribution in [0, 0.1) is 11.8 Å². The maximum absolute atomic E-state index is 14.7. The number of para-hydroxylation sites is 1. The molecule has 1 aliphatic heterocycles. The van der Waals surface area contributed by atoms with Crippen LogP contribution >= 0.6 is 11.3 Å². The summed E-state index contributed by atoms with van der Waals surface area (Å²) in [5.74, 6) is 0.575. The molecule has 44 heavy (non-hydrogen) atoms. The van der Waals surface area contributed by atoms with Gasteiger partial charge in [-0.3, -0.25) is 14.2 Å². The van der Waals surface area contributed by atoms with Crippen LogP contribution in [0.5, 0.6) is 0 Å². The monoisotopic (exact) mass is 617 g/mol. The number of thiazole rings is 1. The zero-order valence-electron chi connectivity index (χ0n) is 26.2. The van der Waals surface area contributed by atoms with E-state index in [2.05, 4.69) is 46.8 Å². The van der Waals surface area contributed by atoms with Crippen molar-refractivity contribution in [1.29, 1.82) is 0 Å². The van der Waals surface area contributed by atoms with E-state index in [4.69, 9.17) is 4.98 Å². The Bertz CT molecular complexity index is 1670. The first-order valence-electron chi connectivity index (χ1n) is 15.7. The molecule has 5 nitrogen and oxygen atoms in total. The standard InChI is InChI=1S/C36H41F2N3O2S/c1-6-24-11-8-12-25(7-2)32(24)41-31(18-22(3)4)28(35(42)40-17-9-10-23(5)20-40)19-29(36(41)43)34-39-30(21-44-34)26-13-15-27(16-14-26)33(37)38/h8,11-16,19,21-23,33H,6-7,9-10,17-18,20H2,1-5H3/t23-/m0/s1. The van der Waals surface area contributed by atoms with Gasteiger partial charge in [0.05, 0.1) is 22.5 Å². The minimum Gasteiger partial charge on any atom is -0.338 e. The highest BCUT2D eigenvalue weighted by atomic mass is 32.1. The number of rotatable bonds is 9. The van der Waals surface area contributed by atoms with Crippen molar-refractivity contribution in [1.82, 2.24) is 14.5 Å². The molecule has 0 spiro atoms. The van der Waals surface area contributed by atoms with E-state index < -0.39 is 6.43 Å². The third-order valence-electron chi connectivity index (χ3n) is 8.46. The summed E-state index contributed by atoms with van der Waals surface area (Å²) >= 11 is 1.32. The summed E-state index contributed by atoms with van der Waals surface area (Å²) < 4.78 is 28.1. The number of carbonyl (C=O) groups is 1. The van der Waals surface area contributed by atoms with Gasteiger partial charge in [-0.2, -0.15) is 0 Å². The van der Waals surface area contributed by atoms with E-state index in [0.717, 1.165) is 48.2 Å². The summed E-state index contributed by atoms with van der Waals surface area (Å²) in [6, 6.07) is 14.0. The molecule has 5 rings (SSSR count). The number of carbonyl (C=O) groups excluding carboxylic acids is 1. The number of piperidine rings is 1. The average molecular weight is 618 g/mol. The molecule has 0 radical (unpaired) electrons. The van der Waals surface area contributed by atoms with Gasteiger partial charge >= 0.3 is 0 Å². The molecule has 3 heterocycles. The average Bonchev–Trinajstić information content (AvgIpc) is 3.50. The first-order valence-corrected chi connectivity index (χ1v) is 16.5. The Morgan fingerprint density at radius 2 is 1.75 bits per heavy atom. The van der Waals surface area contributed by atoms with Crippen LogP contribution in [-0.4, -0.2) is 33.4 Å². The second kappa shape index (κ2) is 13.6. The van der Waals surface area contributed by atoms with Crippen LogP contribution in [0.3, 0.4) is 0 Å². The number of benzene rings is 2. The van der Waals surface area contributed by atoms with Crippen LogP contribution in [0.4, 0.5) is 8.78 Å². The van der Waals surface area contributed by atoms with E-state index in [1.54, 1.807) is 18.2 Å². The fourth-order valence-electron chi connectivity index (χ4n) is 6.19. The second-order valence-corrected chi connectivity index (χ2v) is 13.1. The molecule has 0 bridgehead atoms. The molecule has 1 amide bonds. The van der Waals surface area contributed by atoms with Gasteiger partial charge in [-0.1, -0.05) is 77.1 Å². The number of nitrogens with zero attached hydrogens (tertiary/aromatic N) is 3. The Hall–Kier alpha value is -3.65. The molecule has 0 unspecified atom stereocenters. The van der Waals surface area contributed by atoms with Crippen molar-refractivity contribution in [2.45, 2.75) is 73.1 Å². The van der Waals surface area contributed by atoms with Crippen LogP contribution in [0.15, 0.2) is 58.7 Å². The predicted octanol–water partition coefficient (Wildman–Crippen LogP) is 8.76. The zero-order chi connectivity index (χ0) is 31.5. The van der Waals surface area contributed by atoms with Gasteiger partial charge in [0, 0.05) is 35.3 Å². The molecule has 1 fully saturated rings. The van der Waals surface area contributed by atoms with Gasteiger partial charge in [0.1, 0.15) is 5.01 Å². The molecule has 2 aromatic carbocycles. The first kappa shape index (κ1) is 31.8. The molecule has 2 aromatic heterocycles. The number of alkyl halides is 2. The number of aryl methyl sites for hydroxylation is 2. The van der Waals surface area contributed by atoms with Gasteiger partial charge in [-0.15, -0.1) is 11.3 Å². The molecule has 0 N–H and O–H groups in total. The van der Waals surface area contributed by atoms with Gasteiger partial charge in [-0.25, -0.2) is 13.8 Å². The number of aromatic nitrogens is 2. The lowest BCUT2D eigenvalue weighted by Crippen LogP contribution is -2.40. The van der Waals surface area contributed by atoms with Gasteiger partial charge in [-0.05, 0) is 61.1 Å². The highest BCUT2D eigenvalue weighted by molar-refractivity contribution is 7.13. The van der Waals surface area contributed by atoms with Crippen LogP contribution < -0.4 is 5.56 Å². The van der Waals surface area contributed by atoms with Gasteiger partial charge in [0.25, 0.3) is 17.9 Å². The number of halogens is 2. The fourth-order valence-corrected chi connectivity index (χ4v) is 7.03. The normalized spacial score (nSPS) is 15.4. The van der Waals surface area contributed by atoms with Crippen molar-refractivity contribution in [2.24, 2.45) is 11.8 Å². The van der Waals surface area contributed by atoms with Crippen molar-refractivity contribution in [3.8, 4) is 27.5 Å². The molecule has 1 saturated heterocycles. The van der Waals surface area contributed by atoms with E-state index in [1.165, 1.54) is 23.5 Å². The van der Waals surface area contributed by atoms with E-state index in [1.807, 2.05) is 20.9 Å². The number of pyridine rings is 1. The van der Waals surface area contributed by atoms with Gasteiger partial charge in [0.15, 0.2) is 0 Å². The third kappa shape index (κ3) is 6.41. The maximum Gasteiger partial charge on any atom is 0.265 e. The summed E-state index contributed by atoms with van der Waals surface area (Å²) in [7, 11) is 0. The van der Waals surface area contributed by atoms with Crippen LogP contribution in [-0.2, 0) is 19.3 Å². The molecule has 0 saturated carbocycles. The fraction of sp³-hybridized carbons (Fsp3) is 0.417. The van der Waals surface area contributed by atoms with Gasteiger partial charge < -0.3 is 4.90 Å². The summed E-state index contributed by atoms with van der Waals surface area (Å²) in [6.07, 6.45) is 1.56. The van der Waals surface area contributed by atoms with Crippen molar-refractivity contribution < 1.29 is 13.6 Å². The van der Waals surface area contributed by atoms with Gasteiger partial charge in [0.2, 0.25) is 0 Å². The molecule has 1 atom stereocenters. The summed E-state index contributed by atoms with van der Waals surface area (Å²) in [5.41, 5.74) is 5.68. The maximum atomic E-state index is 14.7. The summed E-state index contributed by atoms with van der Waals surface area (Å²) in [5, 5.41) is 2.34. The Morgan fingerprint density at radius 3 is 2.34 bits per heavy atom. The Balaban J connectivity index is 1.76. The number of amides is 1. The van der Waals surface area contributed by atoms with Crippen LogP contribution in [0.25, 0.3) is 27.5 Å². The third-order valence-corrected chi connectivity index (χ3v) is 9.34. The Labute approximate surface area is 262 Å². The molecule has 1 aliphatic rings. The number of hydrogen-bond donors (Lipinski definition) is 0. The van der Waals surface area contributed by atoms with Crippen molar-refractivity contribution >= 4 is 17.2 Å². The summed E-state index contributed by atoms with van der Waals surface area (Å²) in [4.78, 5) is 35.8. The number of likely N-dealkylation sites (tertiary alicyclic amines) is 1. The molecule has 4 aromatic rings. The van der Waals surface area contributed by atoms with Crippen molar-refractivity contribution in [3.05, 3.63) is 92.2 Å². The molecule has 232 valence electrons. The molecular weight excluding hydrogens is 576 g/mol.